The zero-order valence-corrected chi connectivity index (χ0v) is 10.9. The van der Waals surface area contributed by atoms with E-state index in [0.29, 0.717) is 5.02 Å². The molecule has 0 atom stereocenters. The molecule has 0 heterocycles. The van der Waals surface area contributed by atoms with Gasteiger partial charge in [0.15, 0.2) is 0 Å². The summed E-state index contributed by atoms with van der Waals surface area (Å²) in [6.07, 6.45) is 5.09. The summed E-state index contributed by atoms with van der Waals surface area (Å²) in [6, 6.07) is 6.44. The molecule has 1 aromatic rings. The summed E-state index contributed by atoms with van der Waals surface area (Å²) in [5, 5.41) is 11.9. The zero-order valence-electron chi connectivity index (χ0n) is 10.1. The number of hydrogen-bond acceptors (Lipinski definition) is 2. The van der Waals surface area contributed by atoms with Crippen LogP contribution >= 0.6 is 11.6 Å². The molecule has 6 heteroatoms. The number of carboxylic acid groups (broad SMARTS) is 1. The van der Waals surface area contributed by atoms with E-state index in [4.69, 9.17) is 23.1 Å². The Hall–Kier alpha value is -2.19. The van der Waals surface area contributed by atoms with Crippen LogP contribution in [0.5, 0.6) is 0 Å². The van der Waals surface area contributed by atoms with E-state index in [-0.39, 0.29) is 13.1 Å². The Morgan fingerprint density at radius 1 is 1.37 bits per heavy atom. The molecule has 1 aromatic carbocycles. The van der Waals surface area contributed by atoms with Crippen molar-refractivity contribution in [2.75, 3.05) is 13.1 Å². The number of halogens is 1. The summed E-state index contributed by atoms with van der Waals surface area (Å²) in [5.74, 6) is 1.13. The Labute approximate surface area is 116 Å². The van der Waals surface area contributed by atoms with Gasteiger partial charge in [0.05, 0.1) is 6.54 Å². The van der Waals surface area contributed by atoms with Crippen LogP contribution in [-0.2, 0) is 11.3 Å². The molecular weight excluding hydrogens is 268 g/mol. The monoisotopic (exact) mass is 280 g/mol. The number of amides is 2. The molecule has 5 nitrogen and oxygen atoms in total. The van der Waals surface area contributed by atoms with Gasteiger partial charge in [0.1, 0.15) is 6.54 Å². The largest absolute Gasteiger partial charge is 0.480 e. The van der Waals surface area contributed by atoms with Gasteiger partial charge in [0.2, 0.25) is 0 Å². The van der Waals surface area contributed by atoms with Gasteiger partial charge < -0.3 is 15.3 Å². The van der Waals surface area contributed by atoms with Crippen LogP contribution in [0.3, 0.4) is 0 Å². The van der Waals surface area contributed by atoms with Crippen LogP contribution in [0.4, 0.5) is 4.79 Å². The first-order chi connectivity index (χ1) is 9.02. The number of nitrogens with zero attached hydrogens (tertiary/aromatic N) is 1. The average molecular weight is 281 g/mol. The molecule has 0 saturated heterocycles. The minimum absolute atomic E-state index is 0.0568. The number of aliphatic carboxylic acids is 1. The Morgan fingerprint density at radius 2 is 2.00 bits per heavy atom. The average Bonchev–Trinajstić information content (AvgIpc) is 2.37. The summed E-state index contributed by atoms with van der Waals surface area (Å²) in [5.41, 5.74) is 0.855. The predicted molar refractivity (Wildman–Crippen MR) is 71.7 cm³/mol. The molecule has 0 aliphatic heterocycles. The van der Waals surface area contributed by atoms with Gasteiger partial charge in [-0.3, -0.25) is 4.79 Å². The second-order valence-electron chi connectivity index (χ2n) is 3.74. The Balaban J connectivity index is 2.54. The van der Waals surface area contributed by atoms with E-state index in [1.807, 2.05) is 0 Å². The van der Waals surface area contributed by atoms with Gasteiger partial charge in [-0.2, -0.15) is 0 Å². The van der Waals surface area contributed by atoms with Gasteiger partial charge in [0, 0.05) is 11.6 Å². The molecule has 100 valence electrons. The maximum atomic E-state index is 11.7. The van der Waals surface area contributed by atoms with Gasteiger partial charge in [-0.05, 0) is 17.7 Å². The Morgan fingerprint density at radius 3 is 2.53 bits per heavy atom. The van der Waals surface area contributed by atoms with Crippen molar-refractivity contribution in [2.24, 2.45) is 0 Å². The van der Waals surface area contributed by atoms with Crippen molar-refractivity contribution in [1.29, 1.82) is 0 Å². The summed E-state index contributed by atoms with van der Waals surface area (Å²) in [4.78, 5) is 23.4. The van der Waals surface area contributed by atoms with Crippen molar-refractivity contribution in [3.8, 4) is 12.3 Å². The highest BCUT2D eigenvalue weighted by molar-refractivity contribution is 6.30. The number of carboxylic acids is 1. The molecule has 0 unspecified atom stereocenters. The molecule has 0 fully saturated rings. The van der Waals surface area contributed by atoms with Crippen LogP contribution in [-0.4, -0.2) is 35.1 Å². The standard InChI is InChI=1S/C13H13ClN2O3/c1-2-7-16(9-12(17)18)13(19)15-8-10-3-5-11(14)6-4-10/h1,3-6H,7-9H2,(H,15,19)(H,17,18). The third-order valence-electron chi connectivity index (χ3n) is 2.25. The molecule has 0 spiro atoms. The van der Waals surface area contributed by atoms with E-state index < -0.39 is 18.5 Å². The first-order valence-corrected chi connectivity index (χ1v) is 5.83. The molecule has 0 aromatic heterocycles. The van der Waals surface area contributed by atoms with Crippen molar-refractivity contribution in [2.45, 2.75) is 6.54 Å². The van der Waals surface area contributed by atoms with E-state index in [2.05, 4.69) is 11.2 Å². The summed E-state index contributed by atoms with van der Waals surface area (Å²) >= 11 is 5.74. The third kappa shape index (κ3) is 5.32. The number of urea groups is 1. The van der Waals surface area contributed by atoms with Crippen LogP contribution in [0.1, 0.15) is 5.56 Å². The second-order valence-corrected chi connectivity index (χ2v) is 4.18. The highest BCUT2D eigenvalue weighted by Crippen LogP contribution is 2.09. The SMILES string of the molecule is C#CCN(CC(=O)O)C(=O)NCc1ccc(Cl)cc1. The van der Waals surface area contributed by atoms with Gasteiger partial charge in [0.25, 0.3) is 0 Å². The molecule has 1 rings (SSSR count). The zero-order chi connectivity index (χ0) is 14.3. The van der Waals surface area contributed by atoms with Crippen LogP contribution in [0, 0.1) is 12.3 Å². The Kier molecular flexibility index (Phi) is 5.71. The number of nitrogens with one attached hydrogen (secondary N) is 1. The highest BCUT2D eigenvalue weighted by Gasteiger charge is 2.14. The summed E-state index contributed by atoms with van der Waals surface area (Å²) in [7, 11) is 0. The fraction of sp³-hybridized carbons (Fsp3) is 0.231. The van der Waals surface area contributed by atoms with Gasteiger partial charge >= 0.3 is 12.0 Å². The van der Waals surface area contributed by atoms with Gasteiger partial charge in [-0.15, -0.1) is 6.42 Å². The van der Waals surface area contributed by atoms with E-state index in [1.165, 1.54) is 0 Å². The van der Waals surface area contributed by atoms with Crippen molar-refractivity contribution in [1.82, 2.24) is 10.2 Å². The van der Waals surface area contributed by atoms with Crippen molar-refractivity contribution in [3.05, 3.63) is 34.9 Å². The van der Waals surface area contributed by atoms with Crippen molar-refractivity contribution < 1.29 is 14.7 Å². The van der Waals surface area contributed by atoms with E-state index in [9.17, 15) is 9.59 Å². The molecule has 0 saturated carbocycles. The van der Waals surface area contributed by atoms with Crippen LogP contribution < -0.4 is 5.32 Å². The quantitative estimate of drug-likeness (QED) is 0.805. The molecule has 2 amide bonds. The topological polar surface area (TPSA) is 69.6 Å². The van der Waals surface area contributed by atoms with E-state index in [1.54, 1.807) is 24.3 Å². The minimum Gasteiger partial charge on any atom is -0.480 e. The third-order valence-corrected chi connectivity index (χ3v) is 2.50. The molecular formula is C13H13ClN2O3. The minimum atomic E-state index is -1.11. The lowest BCUT2D eigenvalue weighted by atomic mass is 10.2. The molecule has 2 N–H and O–H groups in total. The normalized spacial score (nSPS) is 9.47. The van der Waals surface area contributed by atoms with Gasteiger partial charge in [-0.25, -0.2) is 4.79 Å². The first-order valence-electron chi connectivity index (χ1n) is 5.45. The number of hydrogen-bond donors (Lipinski definition) is 2. The lowest BCUT2D eigenvalue weighted by Crippen LogP contribution is -2.42. The van der Waals surface area contributed by atoms with E-state index in [0.717, 1.165) is 10.5 Å². The molecule has 0 bridgehead atoms. The van der Waals surface area contributed by atoms with Crippen molar-refractivity contribution >= 4 is 23.6 Å². The number of benzene rings is 1. The van der Waals surface area contributed by atoms with Crippen LogP contribution in [0.2, 0.25) is 5.02 Å². The molecule has 0 aliphatic carbocycles. The number of terminal acetylenes is 1. The number of rotatable bonds is 5. The van der Waals surface area contributed by atoms with E-state index >= 15 is 0 Å². The predicted octanol–water partition coefficient (Wildman–Crippen LogP) is 1.57. The maximum Gasteiger partial charge on any atom is 0.323 e. The fourth-order valence-corrected chi connectivity index (χ4v) is 1.49. The lowest BCUT2D eigenvalue weighted by molar-refractivity contribution is -0.137. The number of carbonyl (C=O) groups excluding carboxylic acids is 1. The molecule has 0 aliphatic rings. The smallest absolute Gasteiger partial charge is 0.323 e. The Bertz CT molecular complexity index is 494. The first kappa shape index (κ1) is 14.9. The van der Waals surface area contributed by atoms with Crippen molar-refractivity contribution in [3.63, 3.8) is 0 Å². The summed E-state index contributed by atoms with van der Waals surface area (Å²) in [6.45, 7) is -0.216. The maximum absolute atomic E-state index is 11.7. The van der Waals surface area contributed by atoms with Crippen LogP contribution in [0.25, 0.3) is 0 Å². The fourth-order valence-electron chi connectivity index (χ4n) is 1.36. The molecule has 0 radical (unpaired) electrons. The lowest BCUT2D eigenvalue weighted by Gasteiger charge is -2.18. The van der Waals surface area contributed by atoms with Crippen LogP contribution in [0.15, 0.2) is 24.3 Å². The van der Waals surface area contributed by atoms with Gasteiger partial charge in [-0.1, -0.05) is 29.7 Å². The second kappa shape index (κ2) is 7.29. The summed E-state index contributed by atoms with van der Waals surface area (Å²) < 4.78 is 0. The highest BCUT2D eigenvalue weighted by atomic mass is 35.5. The number of carbonyl (C=O) groups is 2. The molecule has 19 heavy (non-hydrogen) atoms.